The Morgan fingerprint density at radius 1 is 1.17 bits per heavy atom. The van der Waals surface area contributed by atoms with Crippen LogP contribution in [-0.4, -0.2) is 23.0 Å². The van der Waals surface area contributed by atoms with Crippen molar-refractivity contribution in [2.45, 2.75) is 6.54 Å². The smallest absolute Gasteiger partial charge is 0.410 e. The van der Waals surface area contributed by atoms with Crippen molar-refractivity contribution in [2.24, 2.45) is 0 Å². The third-order valence-electron chi connectivity index (χ3n) is 2.43. The van der Waals surface area contributed by atoms with Gasteiger partial charge in [0.25, 0.3) is 0 Å². The number of benzene rings is 1. The Morgan fingerprint density at radius 2 is 1.83 bits per heavy atom. The molecule has 0 atom stereocenters. The summed E-state index contributed by atoms with van der Waals surface area (Å²) in [6.07, 6.45) is 3.02. The van der Waals surface area contributed by atoms with E-state index in [0.717, 1.165) is 5.56 Å². The number of nitrogens with zero attached hydrogens (tertiary/aromatic N) is 2. The summed E-state index contributed by atoms with van der Waals surface area (Å²) in [4.78, 5) is 17.3. The number of pyridine rings is 1. The minimum absolute atomic E-state index is 0.377. The summed E-state index contributed by atoms with van der Waals surface area (Å²) >= 11 is 0. The summed E-state index contributed by atoms with van der Waals surface area (Å²) in [7, 11) is 1.70. The SMILES string of the molecule is CN(Cc1ccncc1)C(=O)Oc1ccccc1. The molecular formula is C14H14N2O2. The first-order chi connectivity index (χ1) is 8.75. The molecule has 0 saturated heterocycles. The molecule has 0 aliphatic carbocycles. The molecule has 0 saturated carbocycles. The highest BCUT2D eigenvalue weighted by Crippen LogP contribution is 2.10. The summed E-state index contributed by atoms with van der Waals surface area (Å²) < 4.78 is 5.22. The molecule has 18 heavy (non-hydrogen) atoms. The quantitative estimate of drug-likeness (QED) is 0.831. The second-order valence-corrected chi connectivity index (χ2v) is 3.89. The number of hydrogen-bond donors (Lipinski definition) is 0. The van der Waals surface area contributed by atoms with Crippen molar-refractivity contribution in [3.8, 4) is 5.75 Å². The lowest BCUT2D eigenvalue weighted by molar-refractivity contribution is 0.161. The molecule has 2 aromatic rings. The van der Waals surface area contributed by atoms with Crippen molar-refractivity contribution >= 4 is 6.09 Å². The van der Waals surface area contributed by atoms with E-state index in [1.54, 1.807) is 31.6 Å². The monoisotopic (exact) mass is 242 g/mol. The Morgan fingerprint density at radius 3 is 2.50 bits per heavy atom. The zero-order valence-electron chi connectivity index (χ0n) is 10.1. The lowest BCUT2D eigenvalue weighted by Crippen LogP contribution is -2.29. The lowest BCUT2D eigenvalue weighted by Gasteiger charge is -2.16. The van der Waals surface area contributed by atoms with Crippen LogP contribution in [0, 0.1) is 0 Å². The van der Waals surface area contributed by atoms with Gasteiger partial charge in [0.2, 0.25) is 0 Å². The number of aromatic nitrogens is 1. The second kappa shape index (κ2) is 5.82. The zero-order valence-corrected chi connectivity index (χ0v) is 10.1. The van der Waals surface area contributed by atoms with Crippen molar-refractivity contribution in [3.63, 3.8) is 0 Å². The fourth-order valence-electron chi connectivity index (χ4n) is 1.49. The molecule has 0 unspecified atom stereocenters. The molecule has 92 valence electrons. The molecule has 0 bridgehead atoms. The van der Waals surface area contributed by atoms with Gasteiger partial charge < -0.3 is 9.64 Å². The topological polar surface area (TPSA) is 42.4 Å². The lowest BCUT2D eigenvalue weighted by atomic mass is 10.2. The van der Waals surface area contributed by atoms with E-state index >= 15 is 0 Å². The predicted molar refractivity (Wildman–Crippen MR) is 68.2 cm³/mol. The number of ether oxygens (including phenoxy) is 1. The van der Waals surface area contributed by atoms with E-state index in [4.69, 9.17) is 4.74 Å². The highest BCUT2D eigenvalue weighted by molar-refractivity contribution is 5.70. The van der Waals surface area contributed by atoms with Gasteiger partial charge in [-0.15, -0.1) is 0 Å². The highest BCUT2D eigenvalue weighted by Gasteiger charge is 2.11. The molecule has 4 heteroatoms. The van der Waals surface area contributed by atoms with Gasteiger partial charge in [0.15, 0.2) is 0 Å². The van der Waals surface area contributed by atoms with Crippen LogP contribution in [0.3, 0.4) is 0 Å². The third-order valence-corrected chi connectivity index (χ3v) is 2.43. The molecule has 4 nitrogen and oxygen atoms in total. The molecule has 0 aliphatic rings. The van der Waals surface area contributed by atoms with Gasteiger partial charge >= 0.3 is 6.09 Å². The number of para-hydroxylation sites is 1. The van der Waals surface area contributed by atoms with Crippen LogP contribution in [-0.2, 0) is 6.54 Å². The van der Waals surface area contributed by atoms with E-state index in [1.165, 1.54) is 4.90 Å². The van der Waals surface area contributed by atoms with Gasteiger partial charge in [-0.1, -0.05) is 18.2 Å². The molecule has 0 radical (unpaired) electrons. The highest BCUT2D eigenvalue weighted by atomic mass is 16.6. The minimum Gasteiger partial charge on any atom is -0.410 e. The normalized spacial score (nSPS) is 9.83. The summed E-state index contributed by atoms with van der Waals surface area (Å²) in [5.74, 6) is 0.545. The van der Waals surface area contributed by atoms with E-state index in [0.29, 0.717) is 12.3 Å². The van der Waals surface area contributed by atoms with E-state index in [-0.39, 0.29) is 6.09 Å². The van der Waals surface area contributed by atoms with Gasteiger partial charge in [0, 0.05) is 26.0 Å². The first-order valence-electron chi connectivity index (χ1n) is 5.62. The average molecular weight is 242 g/mol. The molecule has 1 heterocycles. The first-order valence-corrected chi connectivity index (χ1v) is 5.62. The summed E-state index contributed by atoms with van der Waals surface area (Å²) in [6, 6.07) is 12.8. The Hall–Kier alpha value is -2.36. The molecule has 2 rings (SSSR count). The van der Waals surface area contributed by atoms with Gasteiger partial charge in [-0.05, 0) is 29.8 Å². The number of rotatable bonds is 3. The van der Waals surface area contributed by atoms with E-state index in [1.807, 2.05) is 30.3 Å². The van der Waals surface area contributed by atoms with Crippen molar-refractivity contribution in [2.75, 3.05) is 7.05 Å². The van der Waals surface area contributed by atoms with Crippen molar-refractivity contribution in [3.05, 3.63) is 60.4 Å². The predicted octanol–water partition coefficient (Wildman–Crippen LogP) is 2.71. The van der Waals surface area contributed by atoms with E-state index < -0.39 is 0 Å². The van der Waals surface area contributed by atoms with Gasteiger partial charge in [-0.2, -0.15) is 0 Å². The van der Waals surface area contributed by atoms with E-state index in [2.05, 4.69) is 4.98 Å². The van der Waals surface area contributed by atoms with E-state index in [9.17, 15) is 4.79 Å². The first kappa shape index (κ1) is 12.1. The van der Waals surface area contributed by atoms with Crippen molar-refractivity contribution in [1.29, 1.82) is 0 Å². The number of carbonyl (C=O) groups excluding carboxylic acids is 1. The summed E-state index contributed by atoms with van der Waals surface area (Å²) in [6.45, 7) is 0.494. The van der Waals surface area contributed by atoms with Crippen LogP contribution in [0.5, 0.6) is 5.75 Å². The minimum atomic E-state index is -0.377. The third kappa shape index (κ3) is 3.31. The molecule has 1 aromatic carbocycles. The van der Waals surface area contributed by atoms with Gasteiger partial charge in [0.05, 0.1) is 0 Å². The van der Waals surface area contributed by atoms with Crippen molar-refractivity contribution in [1.82, 2.24) is 9.88 Å². The largest absolute Gasteiger partial charge is 0.415 e. The number of hydrogen-bond acceptors (Lipinski definition) is 3. The van der Waals surface area contributed by atoms with Crippen LogP contribution in [0.25, 0.3) is 0 Å². The van der Waals surface area contributed by atoms with Crippen LogP contribution in [0.15, 0.2) is 54.9 Å². The molecule has 0 N–H and O–H groups in total. The Kier molecular flexibility index (Phi) is 3.91. The molecule has 1 aromatic heterocycles. The number of amides is 1. The molecule has 0 spiro atoms. The van der Waals surface area contributed by atoms with Gasteiger partial charge in [-0.25, -0.2) is 4.79 Å². The Bertz CT molecular complexity index is 500. The fourth-order valence-corrected chi connectivity index (χ4v) is 1.49. The van der Waals surface area contributed by atoms with Crippen LogP contribution in [0.2, 0.25) is 0 Å². The standard InChI is InChI=1S/C14H14N2O2/c1-16(11-12-7-9-15-10-8-12)14(17)18-13-5-3-2-4-6-13/h2-10H,11H2,1H3. The van der Waals surface area contributed by atoms with Crippen LogP contribution >= 0.6 is 0 Å². The maximum atomic E-state index is 11.8. The average Bonchev–Trinajstić information content (AvgIpc) is 2.41. The van der Waals surface area contributed by atoms with Crippen LogP contribution < -0.4 is 4.74 Å². The summed E-state index contributed by atoms with van der Waals surface area (Å²) in [5, 5.41) is 0. The molecular weight excluding hydrogens is 228 g/mol. The zero-order chi connectivity index (χ0) is 12.8. The van der Waals surface area contributed by atoms with Gasteiger partial charge in [-0.3, -0.25) is 4.98 Å². The second-order valence-electron chi connectivity index (χ2n) is 3.89. The maximum Gasteiger partial charge on any atom is 0.415 e. The van der Waals surface area contributed by atoms with Crippen LogP contribution in [0.1, 0.15) is 5.56 Å². The van der Waals surface area contributed by atoms with Crippen LogP contribution in [0.4, 0.5) is 4.79 Å². The fraction of sp³-hybridized carbons (Fsp3) is 0.143. The molecule has 0 fully saturated rings. The summed E-state index contributed by atoms with van der Waals surface area (Å²) in [5.41, 5.74) is 1.01. The van der Waals surface area contributed by atoms with Crippen molar-refractivity contribution < 1.29 is 9.53 Å². The molecule has 0 aliphatic heterocycles. The Balaban J connectivity index is 1.93. The maximum absolute atomic E-state index is 11.8. The van der Waals surface area contributed by atoms with Gasteiger partial charge in [0.1, 0.15) is 5.75 Å². The molecule has 1 amide bonds. The number of carbonyl (C=O) groups is 1. The Labute approximate surface area is 106 Å².